The van der Waals surface area contributed by atoms with Crippen LogP contribution in [0.25, 0.3) is 0 Å². The van der Waals surface area contributed by atoms with Gasteiger partial charge in [-0.3, -0.25) is 14.4 Å². The normalized spacial score (nSPS) is 15.9. The quantitative estimate of drug-likeness (QED) is 0.143. The van der Waals surface area contributed by atoms with Gasteiger partial charge in [0.2, 0.25) is 17.7 Å². The van der Waals surface area contributed by atoms with E-state index in [1.165, 1.54) is 19.4 Å². The van der Waals surface area contributed by atoms with Gasteiger partial charge in [0.05, 0.1) is 19.0 Å². The van der Waals surface area contributed by atoms with Crippen molar-refractivity contribution in [3.05, 3.63) is 18.2 Å². The zero-order valence-corrected chi connectivity index (χ0v) is 17.0. The Morgan fingerprint density at radius 1 is 1.13 bits per heavy atom. The maximum Gasteiger partial charge on any atom is 0.328 e. The topological polar surface area (TPSA) is 220 Å². The molecule has 5 atom stereocenters. The Morgan fingerprint density at radius 3 is 2.17 bits per heavy atom. The first kappa shape index (κ1) is 25.4. The van der Waals surface area contributed by atoms with Crippen molar-refractivity contribution in [3.63, 3.8) is 0 Å². The van der Waals surface area contributed by atoms with Crippen LogP contribution >= 0.6 is 12.6 Å². The highest BCUT2D eigenvalue weighted by Crippen LogP contribution is 2.02. The van der Waals surface area contributed by atoms with E-state index in [2.05, 4.69) is 38.5 Å². The number of amides is 3. The Hall–Kier alpha value is -2.68. The molecule has 3 amide bonds. The molecule has 0 aliphatic carbocycles. The number of carboxylic acids is 1. The summed E-state index contributed by atoms with van der Waals surface area (Å²) < 4.78 is 0. The van der Waals surface area contributed by atoms with E-state index in [4.69, 9.17) is 15.9 Å². The van der Waals surface area contributed by atoms with Crippen LogP contribution in [0.2, 0.25) is 0 Å². The summed E-state index contributed by atoms with van der Waals surface area (Å²) in [6.45, 7) is 0.472. The lowest BCUT2D eigenvalue weighted by atomic mass is 10.1. The molecule has 1 rings (SSSR count). The lowest BCUT2D eigenvalue weighted by Crippen LogP contribution is -2.59. The number of thiol groups is 1. The summed E-state index contributed by atoms with van der Waals surface area (Å²) in [5.41, 5.74) is 6.09. The van der Waals surface area contributed by atoms with Crippen LogP contribution in [0.4, 0.5) is 0 Å². The monoisotopic (exact) mass is 446 g/mol. The molecular formula is C16H26N6O7S. The third kappa shape index (κ3) is 7.62. The fraction of sp³-hybridized carbons (Fsp3) is 0.562. The fourth-order valence-corrected chi connectivity index (χ4v) is 2.49. The third-order valence-corrected chi connectivity index (χ3v) is 4.41. The van der Waals surface area contributed by atoms with Crippen molar-refractivity contribution >= 4 is 36.3 Å². The van der Waals surface area contributed by atoms with Crippen molar-refractivity contribution in [1.29, 1.82) is 0 Å². The number of aliphatic hydroxyl groups excluding tert-OH is 2. The number of aliphatic carboxylic acids is 1. The van der Waals surface area contributed by atoms with E-state index in [0.717, 1.165) is 0 Å². The summed E-state index contributed by atoms with van der Waals surface area (Å²) in [7, 11) is 0. The molecule has 5 unspecified atom stereocenters. The number of aromatic amines is 1. The van der Waals surface area contributed by atoms with E-state index in [1.807, 2.05) is 0 Å². The average molecular weight is 446 g/mol. The SMILES string of the molecule is CC(O)C(N)C(=O)NC(Cc1cnc[nH]1)C(=O)NC(CS)C(=O)NC(CO)C(=O)O. The molecule has 168 valence electrons. The minimum Gasteiger partial charge on any atom is -0.480 e. The van der Waals surface area contributed by atoms with Gasteiger partial charge >= 0.3 is 5.97 Å². The number of aliphatic hydroxyl groups is 2. The van der Waals surface area contributed by atoms with E-state index in [0.29, 0.717) is 5.69 Å². The van der Waals surface area contributed by atoms with Crippen molar-refractivity contribution < 1.29 is 34.5 Å². The highest BCUT2D eigenvalue weighted by atomic mass is 32.1. The van der Waals surface area contributed by atoms with Gasteiger partial charge in [-0.1, -0.05) is 0 Å². The highest BCUT2D eigenvalue weighted by Gasteiger charge is 2.30. The van der Waals surface area contributed by atoms with Gasteiger partial charge in [-0.25, -0.2) is 9.78 Å². The molecule has 0 radical (unpaired) electrons. The molecule has 0 spiro atoms. The van der Waals surface area contributed by atoms with Crippen LogP contribution < -0.4 is 21.7 Å². The molecule has 0 saturated carbocycles. The molecule has 30 heavy (non-hydrogen) atoms. The van der Waals surface area contributed by atoms with Crippen LogP contribution in [0.3, 0.4) is 0 Å². The second-order valence-corrected chi connectivity index (χ2v) is 6.80. The number of rotatable bonds is 12. The second kappa shape index (κ2) is 12.1. The molecule has 0 aromatic carbocycles. The molecule has 0 aliphatic rings. The maximum absolute atomic E-state index is 12.7. The van der Waals surface area contributed by atoms with Gasteiger partial charge in [-0.15, -0.1) is 0 Å². The van der Waals surface area contributed by atoms with Crippen LogP contribution in [-0.2, 0) is 25.6 Å². The van der Waals surface area contributed by atoms with Crippen LogP contribution in [0.1, 0.15) is 12.6 Å². The first-order valence-electron chi connectivity index (χ1n) is 8.87. The number of carboxylic acid groups (broad SMARTS) is 1. The van der Waals surface area contributed by atoms with Crippen LogP contribution in [0.5, 0.6) is 0 Å². The summed E-state index contributed by atoms with van der Waals surface area (Å²) >= 11 is 3.98. The minimum absolute atomic E-state index is 0.0284. The summed E-state index contributed by atoms with van der Waals surface area (Å²) in [6, 6.07) is -5.28. The summed E-state index contributed by atoms with van der Waals surface area (Å²) in [6.07, 6.45) is 1.61. The smallest absolute Gasteiger partial charge is 0.328 e. The van der Waals surface area contributed by atoms with Crippen molar-refractivity contribution in [1.82, 2.24) is 25.9 Å². The van der Waals surface area contributed by atoms with E-state index < -0.39 is 60.6 Å². The van der Waals surface area contributed by atoms with Crippen molar-refractivity contribution in [2.24, 2.45) is 5.73 Å². The first-order valence-corrected chi connectivity index (χ1v) is 9.50. The predicted octanol–water partition coefficient (Wildman–Crippen LogP) is -3.88. The Kier molecular flexibility index (Phi) is 10.2. The van der Waals surface area contributed by atoms with Gasteiger partial charge in [0.1, 0.15) is 24.2 Å². The number of H-pyrrole nitrogens is 1. The van der Waals surface area contributed by atoms with Crippen molar-refractivity contribution in [2.75, 3.05) is 12.4 Å². The molecule has 1 aromatic heterocycles. The number of carbonyl (C=O) groups is 4. The van der Waals surface area contributed by atoms with E-state index in [9.17, 15) is 24.3 Å². The highest BCUT2D eigenvalue weighted by molar-refractivity contribution is 7.80. The number of imidazole rings is 1. The first-order chi connectivity index (χ1) is 14.1. The lowest BCUT2D eigenvalue weighted by Gasteiger charge is -2.24. The van der Waals surface area contributed by atoms with Crippen molar-refractivity contribution in [2.45, 2.75) is 43.6 Å². The maximum atomic E-state index is 12.7. The Labute approximate surface area is 177 Å². The molecule has 1 heterocycles. The van der Waals surface area contributed by atoms with Crippen LogP contribution in [0, 0.1) is 0 Å². The predicted molar refractivity (Wildman–Crippen MR) is 106 cm³/mol. The molecule has 0 bridgehead atoms. The number of hydrogen-bond acceptors (Lipinski definition) is 9. The Balaban J connectivity index is 2.91. The number of carbonyl (C=O) groups excluding carboxylic acids is 3. The molecule has 0 fully saturated rings. The van der Waals surface area contributed by atoms with Gasteiger partial charge in [0, 0.05) is 24.1 Å². The molecule has 14 heteroatoms. The number of hydrogen-bond donors (Lipinski definition) is 9. The van der Waals surface area contributed by atoms with Crippen LogP contribution in [-0.4, -0.2) is 91.6 Å². The summed E-state index contributed by atoms with van der Waals surface area (Å²) in [5, 5.41) is 34.2. The van der Waals surface area contributed by atoms with Gasteiger partial charge in [-0.05, 0) is 6.92 Å². The third-order valence-electron chi connectivity index (χ3n) is 4.05. The Bertz CT molecular complexity index is 730. The fourth-order valence-electron chi connectivity index (χ4n) is 2.24. The number of nitrogens with zero attached hydrogens (tertiary/aromatic N) is 1. The summed E-state index contributed by atoms with van der Waals surface area (Å²) in [5.74, 6) is -4.09. The van der Waals surface area contributed by atoms with Gasteiger partial charge in [0.15, 0.2) is 0 Å². The molecule has 0 aliphatic heterocycles. The minimum atomic E-state index is -1.55. The number of nitrogens with two attached hydrogens (primary N) is 1. The van der Waals surface area contributed by atoms with Gasteiger partial charge < -0.3 is 42.0 Å². The lowest BCUT2D eigenvalue weighted by molar-refractivity contribution is -0.143. The van der Waals surface area contributed by atoms with Gasteiger partial charge in [0.25, 0.3) is 0 Å². The zero-order valence-electron chi connectivity index (χ0n) is 16.1. The average Bonchev–Trinajstić information content (AvgIpc) is 3.21. The van der Waals surface area contributed by atoms with E-state index in [-0.39, 0.29) is 12.2 Å². The second-order valence-electron chi connectivity index (χ2n) is 6.43. The molecule has 9 N–H and O–H groups in total. The van der Waals surface area contributed by atoms with E-state index in [1.54, 1.807) is 0 Å². The summed E-state index contributed by atoms with van der Waals surface area (Å²) in [4.78, 5) is 54.7. The molecule has 0 saturated heterocycles. The molecule has 1 aromatic rings. The van der Waals surface area contributed by atoms with E-state index >= 15 is 0 Å². The molecule has 13 nitrogen and oxygen atoms in total. The van der Waals surface area contributed by atoms with Gasteiger partial charge in [-0.2, -0.15) is 12.6 Å². The molecular weight excluding hydrogens is 420 g/mol. The zero-order chi connectivity index (χ0) is 22.8. The Morgan fingerprint density at radius 2 is 1.70 bits per heavy atom. The standard InChI is InChI=1S/C16H26N6O7S/c1-7(24)12(17)15(27)20-9(2-8-3-18-6-19-8)13(25)22-11(5-30)14(26)21-10(4-23)16(28)29/h3,6-7,9-12,23-24,30H,2,4-5,17H2,1H3,(H,18,19)(H,20,27)(H,21,26)(H,22,25)(H,28,29). The number of nitrogens with one attached hydrogen (secondary N) is 4. The van der Waals surface area contributed by atoms with Crippen molar-refractivity contribution in [3.8, 4) is 0 Å². The van der Waals surface area contributed by atoms with Crippen LogP contribution in [0.15, 0.2) is 12.5 Å². The number of aromatic nitrogens is 2. The largest absolute Gasteiger partial charge is 0.480 e.